The minimum atomic E-state index is -0.678. The first kappa shape index (κ1) is 14.6. The summed E-state index contributed by atoms with van der Waals surface area (Å²) in [5.41, 5.74) is 13.0. The smallest absolute Gasteiger partial charge is 0.269 e. The molecule has 5 N–H and O–H groups in total. The number of hydrogen-bond donors (Lipinski definition) is 3. The normalized spacial score (nSPS) is 10.2. The van der Waals surface area contributed by atoms with E-state index in [0.29, 0.717) is 22.6 Å². The van der Waals surface area contributed by atoms with Crippen molar-refractivity contribution in [3.63, 3.8) is 0 Å². The van der Waals surface area contributed by atoms with Crippen LogP contribution >= 0.6 is 0 Å². The fourth-order valence-electron chi connectivity index (χ4n) is 1.86. The molecule has 0 spiro atoms. The van der Waals surface area contributed by atoms with Crippen LogP contribution in [0.4, 0.5) is 5.69 Å². The number of anilines is 1. The minimum Gasteiger partial charge on any atom is -0.364 e. The van der Waals surface area contributed by atoms with Crippen LogP contribution in [0.1, 0.15) is 23.1 Å². The van der Waals surface area contributed by atoms with Crippen molar-refractivity contribution in [2.45, 2.75) is 13.5 Å². The third kappa shape index (κ3) is 3.40. The molecule has 0 unspecified atom stereocenters. The lowest BCUT2D eigenvalue weighted by Gasteiger charge is -2.08. The fourth-order valence-corrected chi connectivity index (χ4v) is 1.86. The Morgan fingerprint density at radius 1 is 1.33 bits per heavy atom. The van der Waals surface area contributed by atoms with Crippen LogP contribution in [0.3, 0.4) is 0 Å². The van der Waals surface area contributed by atoms with Gasteiger partial charge in [-0.2, -0.15) is 0 Å². The van der Waals surface area contributed by atoms with Crippen molar-refractivity contribution < 1.29 is 9.59 Å². The maximum Gasteiger partial charge on any atom is 0.269 e. The quantitative estimate of drug-likeness (QED) is 0.761. The summed E-state index contributed by atoms with van der Waals surface area (Å²) in [6.45, 7) is 1.51. The van der Waals surface area contributed by atoms with E-state index in [1.165, 1.54) is 13.1 Å². The molecule has 0 fully saturated rings. The van der Waals surface area contributed by atoms with Crippen LogP contribution in [0, 0.1) is 0 Å². The van der Waals surface area contributed by atoms with Crippen LogP contribution in [-0.4, -0.2) is 21.8 Å². The van der Waals surface area contributed by atoms with Gasteiger partial charge in [0.05, 0.1) is 17.6 Å². The maximum absolute atomic E-state index is 11.4. The molecule has 0 bridgehead atoms. The van der Waals surface area contributed by atoms with Gasteiger partial charge in [-0.3, -0.25) is 14.6 Å². The lowest BCUT2D eigenvalue weighted by molar-refractivity contribution is -0.114. The molecule has 1 aromatic heterocycles. The molecule has 0 aliphatic rings. The van der Waals surface area contributed by atoms with Crippen LogP contribution in [0.15, 0.2) is 30.5 Å². The van der Waals surface area contributed by atoms with Gasteiger partial charge in [0.15, 0.2) is 5.69 Å². The Morgan fingerprint density at radius 2 is 2.10 bits per heavy atom. The molecule has 0 aliphatic heterocycles. The van der Waals surface area contributed by atoms with E-state index in [1.807, 2.05) is 0 Å². The van der Waals surface area contributed by atoms with E-state index in [0.717, 1.165) is 0 Å². The van der Waals surface area contributed by atoms with Crippen LogP contribution in [-0.2, 0) is 11.3 Å². The van der Waals surface area contributed by atoms with Gasteiger partial charge in [-0.1, -0.05) is 12.1 Å². The van der Waals surface area contributed by atoms with Crippen molar-refractivity contribution in [3.05, 3.63) is 41.9 Å². The SMILES string of the molecule is CC(=O)Nc1cccc(-c2cnc(CN)c(C(N)=O)n2)c1. The summed E-state index contributed by atoms with van der Waals surface area (Å²) in [6.07, 6.45) is 1.52. The summed E-state index contributed by atoms with van der Waals surface area (Å²) in [6, 6.07) is 7.05. The average molecular weight is 285 g/mol. The number of carbonyl (C=O) groups excluding carboxylic acids is 2. The zero-order valence-electron chi connectivity index (χ0n) is 11.5. The second kappa shape index (κ2) is 6.10. The van der Waals surface area contributed by atoms with Gasteiger partial charge < -0.3 is 16.8 Å². The second-order valence-electron chi connectivity index (χ2n) is 4.38. The number of nitrogens with two attached hydrogens (primary N) is 2. The number of benzene rings is 1. The van der Waals surface area contributed by atoms with Crippen LogP contribution in [0.2, 0.25) is 0 Å². The van der Waals surface area contributed by atoms with Crippen molar-refractivity contribution in [1.82, 2.24) is 9.97 Å². The molecule has 0 radical (unpaired) electrons. The van der Waals surface area contributed by atoms with E-state index < -0.39 is 5.91 Å². The lowest BCUT2D eigenvalue weighted by atomic mass is 10.1. The predicted octanol–water partition coefficient (Wildman–Crippen LogP) is 0.660. The Morgan fingerprint density at radius 3 is 2.71 bits per heavy atom. The van der Waals surface area contributed by atoms with Gasteiger partial charge in [0, 0.05) is 24.7 Å². The van der Waals surface area contributed by atoms with Gasteiger partial charge in [-0.15, -0.1) is 0 Å². The van der Waals surface area contributed by atoms with Gasteiger partial charge >= 0.3 is 0 Å². The van der Waals surface area contributed by atoms with Crippen molar-refractivity contribution in [1.29, 1.82) is 0 Å². The third-order valence-corrected chi connectivity index (χ3v) is 2.75. The highest BCUT2D eigenvalue weighted by Gasteiger charge is 2.12. The number of amides is 2. The average Bonchev–Trinajstić information content (AvgIpc) is 2.46. The summed E-state index contributed by atoms with van der Waals surface area (Å²) >= 11 is 0. The van der Waals surface area contributed by atoms with Crippen molar-refractivity contribution in [2.24, 2.45) is 11.5 Å². The molecule has 2 amide bonds. The molecular weight excluding hydrogens is 270 g/mol. The van der Waals surface area contributed by atoms with E-state index in [4.69, 9.17) is 11.5 Å². The molecule has 0 saturated heterocycles. The van der Waals surface area contributed by atoms with E-state index in [1.54, 1.807) is 24.3 Å². The highest BCUT2D eigenvalue weighted by atomic mass is 16.1. The van der Waals surface area contributed by atoms with E-state index in [2.05, 4.69) is 15.3 Å². The Kier molecular flexibility index (Phi) is 4.24. The summed E-state index contributed by atoms with van der Waals surface area (Å²) in [5.74, 6) is -0.850. The molecule has 0 saturated carbocycles. The maximum atomic E-state index is 11.4. The zero-order valence-corrected chi connectivity index (χ0v) is 11.5. The Balaban J connectivity index is 2.44. The van der Waals surface area contributed by atoms with E-state index in [9.17, 15) is 9.59 Å². The highest BCUT2D eigenvalue weighted by Crippen LogP contribution is 2.21. The molecule has 7 nitrogen and oxygen atoms in total. The number of aromatic nitrogens is 2. The monoisotopic (exact) mass is 285 g/mol. The first-order valence-corrected chi connectivity index (χ1v) is 6.25. The molecule has 0 atom stereocenters. The Bertz CT molecular complexity index is 700. The molecule has 2 aromatic rings. The number of carbonyl (C=O) groups is 2. The first-order valence-electron chi connectivity index (χ1n) is 6.25. The summed E-state index contributed by atoms with van der Waals surface area (Å²) in [5, 5.41) is 2.68. The van der Waals surface area contributed by atoms with Crippen LogP contribution in [0.5, 0.6) is 0 Å². The number of primary amides is 1. The highest BCUT2D eigenvalue weighted by molar-refractivity contribution is 5.92. The van der Waals surface area contributed by atoms with Gasteiger partial charge in [0.25, 0.3) is 5.91 Å². The van der Waals surface area contributed by atoms with Crippen LogP contribution < -0.4 is 16.8 Å². The molecular formula is C14H15N5O2. The number of nitrogens with one attached hydrogen (secondary N) is 1. The Hall–Kier alpha value is -2.80. The van der Waals surface area contributed by atoms with Gasteiger partial charge in [0.2, 0.25) is 5.91 Å². The summed E-state index contributed by atoms with van der Waals surface area (Å²) in [4.78, 5) is 30.8. The molecule has 108 valence electrons. The predicted molar refractivity (Wildman–Crippen MR) is 78.2 cm³/mol. The number of nitrogens with zero attached hydrogens (tertiary/aromatic N) is 2. The first-order chi connectivity index (χ1) is 10.0. The third-order valence-electron chi connectivity index (χ3n) is 2.75. The zero-order chi connectivity index (χ0) is 15.4. The standard InChI is InChI=1S/C14H15N5O2/c1-8(20)18-10-4-2-3-9(5-10)12-7-17-11(6-15)13(19-12)14(16)21/h2-5,7H,6,15H2,1H3,(H2,16,21)(H,18,20). The van der Waals surface area contributed by atoms with Gasteiger partial charge in [-0.05, 0) is 12.1 Å². The van der Waals surface area contributed by atoms with E-state index >= 15 is 0 Å². The lowest BCUT2D eigenvalue weighted by Crippen LogP contribution is -2.19. The fraction of sp³-hybridized carbons (Fsp3) is 0.143. The largest absolute Gasteiger partial charge is 0.364 e. The molecule has 2 rings (SSSR count). The number of hydrogen-bond acceptors (Lipinski definition) is 5. The molecule has 1 aromatic carbocycles. The van der Waals surface area contributed by atoms with Gasteiger partial charge in [0.1, 0.15) is 0 Å². The van der Waals surface area contributed by atoms with Crippen molar-refractivity contribution >= 4 is 17.5 Å². The van der Waals surface area contributed by atoms with Crippen molar-refractivity contribution in [2.75, 3.05) is 5.32 Å². The van der Waals surface area contributed by atoms with Crippen molar-refractivity contribution in [3.8, 4) is 11.3 Å². The molecule has 21 heavy (non-hydrogen) atoms. The van der Waals surface area contributed by atoms with E-state index in [-0.39, 0.29) is 18.1 Å². The topological polar surface area (TPSA) is 124 Å². The Labute approximate surface area is 121 Å². The summed E-state index contributed by atoms with van der Waals surface area (Å²) in [7, 11) is 0. The second-order valence-corrected chi connectivity index (χ2v) is 4.38. The minimum absolute atomic E-state index is 0.0555. The molecule has 7 heteroatoms. The molecule has 0 aliphatic carbocycles. The molecule has 1 heterocycles. The van der Waals surface area contributed by atoms with Gasteiger partial charge in [-0.25, -0.2) is 4.98 Å². The summed E-state index contributed by atoms with van der Waals surface area (Å²) < 4.78 is 0. The number of rotatable bonds is 4. The van der Waals surface area contributed by atoms with Crippen LogP contribution in [0.25, 0.3) is 11.3 Å².